The zero-order valence-corrected chi connectivity index (χ0v) is 12.7. The Labute approximate surface area is 115 Å². The van der Waals surface area contributed by atoms with E-state index in [1.165, 1.54) is 44.3 Å². The first kappa shape index (κ1) is 20.1. The summed E-state index contributed by atoms with van der Waals surface area (Å²) in [4.78, 5) is 0. The molecule has 0 saturated carbocycles. The van der Waals surface area contributed by atoms with Crippen molar-refractivity contribution >= 4 is 34.8 Å². The standard InChI is InChI=1S/C10H21S.BrH.Mg/c1-3-5-6-7-8-9-10-11-4-2;;/h2-10H2,1H3;1H;/q-1;;+2/p-1. The molecule has 0 aliphatic rings. The summed E-state index contributed by atoms with van der Waals surface area (Å²) in [6.07, 6.45) is 8.46. The quantitative estimate of drug-likeness (QED) is 0.354. The van der Waals surface area contributed by atoms with Gasteiger partial charge in [0.05, 0.1) is 0 Å². The first-order chi connectivity index (χ1) is 5.41. The monoisotopic (exact) mass is 276 g/mol. The molecule has 0 fully saturated rings. The van der Waals surface area contributed by atoms with Crippen molar-refractivity contribution in [3.05, 3.63) is 6.92 Å². The minimum Gasteiger partial charge on any atom is -1.00 e. The number of hydrogen-bond acceptors (Lipinski definition) is 1. The van der Waals surface area contributed by atoms with Crippen LogP contribution in [0.15, 0.2) is 0 Å². The van der Waals surface area contributed by atoms with Crippen LogP contribution < -0.4 is 17.0 Å². The van der Waals surface area contributed by atoms with Gasteiger partial charge in [0.15, 0.2) is 0 Å². The van der Waals surface area contributed by atoms with Gasteiger partial charge in [-0.2, -0.15) is 11.8 Å². The Balaban J connectivity index is -0.000000500. The molecule has 0 bridgehead atoms. The molecule has 0 nitrogen and oxygen atoms in total. The van der Waals surface area contributed by atoms with Crippen molar-refractivity contribution < 1.29 is 17.0 Å². The van der Waals surface area contributed by atoms with Crippen LogP contribution in [0.25, 0.3) is 0 Å². The zero-order valence-electron chi connectivity index (χ0n) is 8.86. The first-order valence-corrected chi connectivity index (χ1v) is 5.94. The Bertz CT molecular complexity index is 63.9. The van der Waals surface area contributed by atoms with Crippen molar-refractivity contribution in [1.29, 1.82) is 0 Å². The Hall–Kier alpha value is 1.60. The van der Waals surface area contributed by atoms with Gasteiger partial charge in [-0.25, -0.2) is 0 Å². The smallest absolute Gasteiger partial charge is 1.00 e. The molecule has 0 spiro atoms. The zero-order chi connectivity index (χ0) is 8.36. The van der Waals surface area contributed by atoms with Crippen LogP contribution in [0.3, 0.4) is 0 Å². The summed E-state index contributed by atoms with van der Waals surface area (Å²) in [5, 5.41) is 0. The molecule has 0 unspecified atom stereocenters. The van der Waals surface area contributed by atoms with Gasteiger partial charge in [0.25, 0.3) is 0 Å². The molecule has 0 radical (unpaired) electrons. The molecule has 0 N–H and O–H groups in total. The maximum absolute atomic E-state index is 3.80. The molecule has 0 aromatic rings. The van der Waals surface area contributed by atoms with Crippen molar-refractivity contribution in [3.8, 4) is 0 Å². The van der Waals surface area contributed by atoms with E-state index in [1.54, 1.807) is 0 Å². The van der Waals surface area contributed by atoms with Crippen LogP contribution in [-0.4, -0.2) is 34.6 Å². The van der Waals surface area contributed by atoms with Crippen molar-refractivity contribution in [2.75, 3.05) is 11.5 Å². The van der Waals surface area contributed by atoms with Gasteiger partial charge < -0.3 is 23.9 Å². The maximum Gasteiger partial charge on any atom is 2.00 e. The minimum atomic E-state index is 0. The van der Waals surface area contributed by atoms with Crippen LogP contribution >= 0.6 is 11.8 Å². The van der Waals surface area contributed by atoms with E-state index in [4.69, 9.17) is 0 Å². The summed E-state index contributed by atoms with van der Waals surface area (Å²) < 4.78 is 0. The fraction of sp³-hybridized carbons (Fsp3) is 0.900. The average Bonchev–Trinajstić information content (AvgIpc) is 2.03. The molecule has 0 aromatic heterocycles. The van der Waals surface area contributed by atoms with Gasteiger partial charge in [-0.3, -0.25) is 0 Å². The van der Waals surface area contributed by atoms with Gasteiger partial charge in [-0.05, 0) is 12.2 Å². The summed E-state index contributed by atoms with van der Waals surface area (Å²) in [5.74, 6) is 2.35. The second-order valence-corrected chi connectivity index (χ2v) is 4.10. The van der Waals surface area contributed by atoms with Gasteiger partial charge in [0.2, 0.25) is 0 Å². The summed E-state index contributed by atoms with van der Waals surface area (Å²) in [5.41, 5.74) is 0. The summed E-state index contributed by atoms with van der Waals surface area (Å²) in [6.45, 7) is 6.06. The van der Waals surface area contributed by atoms with E-state index < -0.39 is 0 Å². The molecule has 0 saturated heterocycles. The van der Waals surface area contributed by atoms with Gasteiger partial charge in [-0.15, -0.1) is 5.75 Å². The van der Waals surface area contributed by atoms with E-state index in [2.05, 4.69) is 13.8 Å². The normalized spacial score (nSPS) is 8.77. The molecule has 0 heterocycles. The van der Waals surface area contributed by atoms with Gasteiger partial charge in [-0.1, -0.05) is 39.0 Å². The van der Waals surface area contributed by atoms with Crippen molar-refractivity contribution in [3.63, 3.8) is 0 Å². The molecule has 0 aromatic carbocycles. The molecular formula is C10H21BrMgS. The van der Waals surface area contributed by atoms with E-state index in [0.717, 1.165) is 5.75 Å². The van der Waals surface area contributed by atoms with Gasteiger partial charge >= 0.3 is 23.1 Å². The van der Waals surface area contributed by atoms with Crippen LogP contribution in [0.2, 0.25) is 0 Å². The van der Waals surface area contributed by atoms with E-state index in [-0.39, 0.29) is 40.0 Å². The van der Waals surface area contributed by atoms with Gasteiger partial charge in [0.1, 0.15) is 0 Å². The van der Waals surface area contributed by atoms with E-state index in [1.807, 2.05) is 11.8 Å². The summed E-state index contributed by atoms with van der Waals surface area (Å²) in [7, 11) is 0. The largest absolute Gasteiger partial charge is 2.00 e. The molecular weight excluding hydrogens is 256 g/mol. The summed E-state index contributed by atoms with van der Waals surface area (Å²) >= 11 is 1.96. The van der Waals surface area contributed by atoms with Crippen molar-refractivity contribution in [2.24, 2.45) is 0 Å². The Morgan fingerprint density at radius 2 is 1.54 bits per heavy atom. The number of thioether (sulfide) groups is 1. The predicted octanol–water partition coefficient (Wildman–Crippen LogP) is 0.537. The van der Waals surface area contributed by atoms with E-state index in [9.17, 15) is 0 Å². The van der Waals surface area contributed by atoms with E-state index in [0.29, 0.717) is 0 Å². The molecule has 0 rings (SSSR count). The molecule has 0 aliphatic heterocycles. The van der Waals surface area contributed by atoms with Crippen LogP contribution in [0.1, 0.15) is 45.4 Å². The summed E-state index contributed by atoms with van der Waals surface area (Å²) in [6, 6.07) is 0. The Kier molecular flexibility index (Phi) is 29.7. The first-order valence-electron chi connectivity index (χ1n) is 4.78. The van der Waals surface area contributed by atoms with Crippen LogP contribution in [0.5, 0.6) is 0 Å². The van der Waals surface area contributed by atoms with E-state index >= 15 is 0 Å². The molecule has 0 atom stereocenters. The molecule has 0 amide bonds. The fourth-order valence-electron chi connectivity index (χ4n) is 1.09. The second-order valence-electron chi connectivity index (χ2n) is 2.88. The van der Waals surface area contributed by atoms with Crippen LogP contribution in [0.4, 0.5) is 0 Å². The molecule has 3 heteroatoms. The molecule has 76 valence electrons. The van der Waals surface area contributed by atoms with Gasteiger partial charge in [0, 0.05) is 0 Å². The third-order valence-electron chi connectivity index (χ3n) is 1.79. The van der Waals surface area contributed by atoms with Crippen LogP contribution in [0, 0.1) is 6.92 Å². The molecule has 13 heavy (non-hydrogen) atoms. The second kappa shape index (κ2) is 19.2. The fourth-order valence-corrected chi connectivity index (χ4v) is 1.70. The Morgan fingerprint density at radius 3 is 2.08 bits per heavy atom. The SMILES string of the molecule is [Br-].[CH2-]CSCCCCCCCC.[Mg+2]. The number of hydrogen-bond donors (Lipinski definition) is 0. The number of halogens is 1. The number of rotatable bonds is 8. The topological polar surface area (TPSA) is 0 Å². The molecule has 0 aliphatic carbocycles. The van der Waals surface area contributed by atoms with Crippen molar-refractivity contribution in [2.45, 2.75) is 45.4 Å². The average molecular weight is 278 g/mol. The third kappa shape index (κ3) is 19.9. The third-order valence-corrected chi connectivity index (χ3v) is 2.65. The van der Waals surface area contributed by atoms with Crippen molar-refractivity contribution in [1.82, 2.24) is 0 Å². The Morgan fingerprint density at radius 1 is 1.00 bits per heavy atom. The maximum atomic E-state index is 3.80. The number of unbranched alkanes of at least 4 members (excludes halogenated alkanes) is 5. The minimum absolute atomic E-state index is 0. The predicted molar refractivity (Wildman–Crippen MR) is 61.8 cm³/mol. The van der Waals surface area contributed by atoms with Crippen LogP contribution in [-0.2, 0) is 0 Å².